The molecule has 0 aliphatic heterocycles. The highest BCUT2D eigenvalue weighted by molar-refractivity contribution is 8.03. The third-order valence-electron chi connectivity index (χ3n) is 1.64. The molecule has 100 valence electrons. The molecule has 1 heterocycles. The molecular formula is C9H13N3O4S2. The van der Waals surface area contributed by atoms with Crippen molar-refractivity contribution in [2.24, 2.45) is 0 Å². The molecule has 0 bridgehead atoms. The van der Waals surface area contributed by atoms with Crippen molar-refractivity contribution in [2.75, 3.05) is 18.9 Å². The highest BCUT2D eigenvalue weighted by Gasteiger charge is 2.32. The molecule has 0 saturated heterocycles. The van der Waals surface area contributed by atoms with Gasteiger partial charge in [0.1, 0.15) is 0 Å². The number of ether oxygens (including phenoxy) is 2. The Morgan fingerprint density at radius 3 is 2.22 bits per heavy atom. The standard InChI is InChI=1S/C9H13N3O4S2/c1-3-15-6(13)5(7(14)16-4-2)17-9-12-11-8(10)18-9/h5H,3-4H2,1-2H3,(H2,10,11). The summed E-state index contributed by atoms with van der Waals surface area (Å²) in [5.74, 6) is -1.32. The van der Waals surface area contributed by atoms with E-state index in [-0.39, 0.29) is 18.3 Å². The van der Waals surface area contributed by atoms with Crippen molar-refractivity contribution < 1.29 is 19.1 Å². The number of rotatable bonds is 6. The molecule has 0 spiro atoms. The Morgan fingerprint density at radius 1 is 1.28 bits per heavy atom. The van der Waals surface area contributed by atoms with Crippen molar-refractivity contribution in [3.63, 3.8) is 0 Å². The number of nitrogens with two attached hydrogens (primary N) is 1. The van der Waals surface area contributed by atoms with E-state index in [1.165, 1.54) is 0 Å². The van der Waals surface area contributed by atoms with E-state index in [0.29, 0.717) is 4.34 Å². The quantitative estimate of drug-likeness (QED) is 0.464. The van der Waals surface area contributed by atoms with Crippen molar-refractivity contribution in [3.8, 4) is 0 Å². The van der Waals surface area contributed by atoms with Crippen LogP contribution in [0.1, 0.15) is 13.8 Å². The van der Waals surface area contributed by atoms with E-state index < -0.39 is 17.2 Å². The Hall–Kier alpha value is -1.35. The molecule has 0 atom stereocenters. The lowest BCUT2D eigenvalue weighted by Gasteiger charge is -2.11. The predicted molar refractivity (Wildman–Crippen MR) is 67.2 cm³/mol. The van der Waals surface area contributed by atoms with Crippen molar-refractivity contribution in [3.05, 3.63) is 0 Å². The number of esters is 2. The lowest BCUT2D eigenvalue weighted by atomic mass is 10.4. The first-order chi connectivity index (χ1) is 8.58. The molecule has 1 aromatic heterocycles. The van der Waals surface area contributed by atoms with Crippen LogP contribution in [0.25, 0.3) is 0 Å². The minimum absolute atomic E-state index is 0.188. The van der Waals surface area contributed by atoms with Gasteiger partial charge in [-0.2, -0.15) is 0 Å². The summed E-state index contributed by atoms with van der Waals surface area (Å²) in [5.41, 5.74) is 5.42. The first-order valence-electron chi connectivity index (χ1n) is 5.17. The molecule has 0 fully saturated rings. The van der Waals surface area contributed by atoms with Crippen LogP contribution in [0.3, 0.4) is 0 Å². The zero-order valence-corrected chi connectivity index (χ0v) is 11.5. The molecule has 0 aliphatic rings. The lowest BCUT2D eigenvalue weighted by molar-refractivity contribution is -0.152. The Kier molecular flexibility index (Phi) is 5.86. The summed E-state index contributed by atoms with van der Waals surface area (Å²) >= 11 is 2.01. The van der Waals surface area contributed by atoms with Gasteiger partial charge in [0.05, 0.1) is 13.2 Å². The third-order valence-corrected chi connectivity index (χ3v) is 3.63. The molecule has 0 radical (unpaired) electrons. The molecule has 0 saturated carbocycles. The Bertz CT molecular complexity index is 406. The summed E-state index contributed by atoms with van der Waals surface area (Å²) in [6.45, 7) is 3.70. The largest absolute Gasteiger partial charge is 0.465 e. The minimum Gasteiger partial charge on any atom is -0.465 e. The molecule has 0 aromatic carbocycles. The normalized spacial score (nSPS) is 10.4. The molecular weight excluding hydrogens is 278 g/mol. The monoisotopic (exact) mass is 291 g/mol. The van der Waals surface area contributed by atoms with E-state index in [4.69, 9.17) is 15.2 Å². The molecule has 0 aliphatic carbocycles. The Labute approximate surface area is 112 Å². The molecule has 1 aromatic rings. The van der Waals surface area contributed by atoms with Crippen molar-refractivity contribution >= 4 is 40.2 Å². The van der Waals surface area contributed by atoms with E-state index in [0.717, 1.165) is 23.1 Å². The molecule has 9 heteroatoms. The Morgan fingerprint density at radius 2 is 1.83 bits per heavy atom. The van der Waals surface area contributed by atoms with Crippen molar-refractivity contribution in [1.82, 2.24) is 10.2 Å². The highest BCUT2D eigenvalue weighted by atomic mass is 32.2. The van der Waals surface area contributed by atoms with Gasteiger partial charge in [-0.3, -0.25) is 9.59 Å². The second-order valence-corrected chi connectivity index (χ2v) is 5.27. The lowest BCUT2D eigenvalue weighted by Crippen LogP contribution is -2.30. The zero-order valence-electron chi connectivity index (χ0n) is 9.91. The number of aromatic nitrogens is 2. The number of nitrogens with zero attached hydrogens (tertiary/aromatic N) is 2. The van der Waals surface area contributed by atoms with Gasteiger partial charge in [0.25, 0.3) is 0 Å². The van der Waals surface area contributed by atoms with Gasteiger partial charge in [-0.05, 0) is 13.8 Å². The smallest absolute Gasteiger partial charge is 0.331 e. The SMILES string of the molecule is CCOC(=O)C(Sc1nnc(N)s1)C(=O)OCC. The van der Waals surface area contributed by atoms with Crippen molar-refractivity contribution in [1.29, 1.82) is 0 Å². The van der Waals surface area contributed by atoms with E-state index in [2.05, 4.69) is 10.2 Å². The minimum atomic E-state index is -1.10. The number of anilines is 1. The van der Waals surface area contributed by atoms with Gasteiger partial charge in [0, 0.05) is 0 Å². The molecule has 0 amide bonds. The topological polar surface area (TPSA) is 104 Å². The summed E-state index contributed by atoms with van der Waals surface area (Å²) in [6.07, 6.45) is 0. The summed E-state index contributed by atoms with van der Waals surface area (Å²) in [5, 5.41) is 6.50. The Balaban J connectivity index is 2.76. The number of nitrogen functional groups attached to an aromatic ring is 1. The summed E-state index contributed by atoms with van der Waals surface area (Å²) in [6, 6.07) is 0. The number of hydrogen-bond acceptors (Lipinski definition) is 9. The maximum atomic E-state index is 11.7. The molecule has 2 N–H and O–H groups in total. The first-order valence-corrected chi connectivity index (χ1v) is 6.87. The van der Waals surface area contributed by atoms with Gasteiger partial charge in [0.2, 0.25) is 10.4 Å². The van der Waals surface area contributed by atoms with Crippen LogP contribution in [0.5, 0.6) is 0 Å². The van der Waals surface area contributed by atoms with Crippen LogP contribution < -0.4 is 5.73 Å². The number of carbonyl (C=O) groups is 2. The maximum absolute atomic E-state index is 11.7. The number of carbonyl (C=O) groups excluding carboxylic acids is 2. The van der Waals surface area contributed by atoms with Crippen LogP contribution in [-0.4, -0.2) is 40.6 Å². The first kappa shape index (κ1) is 14.7. The van der Waals surface area contributed by atoms with Crippen LogP contribution >= 0.6 is 23.1 Å². The second-order valence-electron chi connectivity index (χ2n) is 2.91. The van der Waals surface area contributed by atoms with Gasteiger partial charge in [-0.15, -0.1) is 10.2 Å². The summed E-state index contributed by atoms with van der Waals surface area (Å²) in [7, 11) is 0. The van der Waals surface area contributed by atoms with Gasteiger partial charge >= 0.3 is 11.9 Å². The summed E-state index contributed by atoms with van der Waals surface area (Å²) in [4.78, 5) is 23.3. The molecule has 18 heavy (non-hydrogen) atoms. The van der Waals surface area contributed by atoms with E-state index in [1.807, 2.05) is 0 Å². The van der Waals surface area contributed by atoms with Crippen LogP contribution in [0.4, 0.5) is 5.13 Å². The highest BCUT2D eigenvalue weighted by Crippen LogP contribution is 2.29. The fraction of sp³-hybridized carbons (Fsp3) is 0.556. The summed E-state index contributed by atoms with van der Waals surface area (Å²) < 4.78 is 10.0. The third kappa shape index (κ3) is 4.15. The van der Waals surface area contributed by atoms with Crippen molar-refractivity contribution in [2.45, 2.75) is 23.4 Å². The van der Waals surface area contributed by atoms with Crippen LogP contribution in [-0.2, 0) is 19.1 Å². The predicted octanol–water partition coefficient (Wildman–Crippen LogP) is 0.707. The fourth-order valence-electron chi connectivity index (χ4n) is 0.997. The maximum Gasteiger partial charge on any atom is 0.331 e. The van der Waals surface area contributed by atoms with Crippen LogP contribution in [0.2, 0.25) is 0 Å². The van der Waals surface area contributed by atoms with E-state index in [9.17, 15) is 9.59 Å². The average Bonchev–Trinajstić information content (AvgIpc) is 2.72. The van der Waals surface area contributed by atoms with E-state index >= 15 is 0 Å². The van der Waals surface area contributed by atoms with Gasteiger partial charge in [0.15, 0.2) is 4.34 Å². The molecule has 0 unspecified atom stereocenters. The van der Waals surface area contributed by atoms with Crippen LogP contribution in [0.15, 0.2) is 4.34 Å². The molecule has 7 nitrogen and oxygen atoms in total. The zero-order chi connectivity index (χ0) is 13.5. The average molecular weight is 291 g/mol. The molecule has 1 rings (SSSR count). The number of hydrogen-bond donors (Lipinski definition) is 1. The van der Waals surface area contributed by atoms with Gasteiger partial charge in [-0.1, -0.05) is 23.1 Å². The van der Waals surface area contributed by atoms with Gasteiger partial charge in [-0.25, -0.2) is 0 Å². The fourth-order valence-corrected chi connectivity index (χ4v) is 2.69. The second kappa shape index (κ2) is 7.17. The van der Waals surface area contributed by atoms with Crippen LogP contribution in [0, 0.1) is 0 Å². The van der Waals surface area contributed by atoms with E-state index in [1.54, 1.807) is 13.8 Å². The number of thioether (sulfide) groups is 1. The van der Waals surface area contributed by atoms with Gasteiger partial charge < -0.3 is 15.2 Å².